The van der Waals surface area contributed by atoms with Crippen LogP contribution in [0.15, 0.2) is 24.4 Å². The van der Waals surface area contributed by atoms with Crippen molar-refractivity contribution in [2.75, 3.05) is 5.32 Å². The van der Waals surface area contributed by atoms with Crippen LogP contribution < -0.4 is 5.32 Å². The molecule has 0 saturated carbocycles. The minimum atomic E-state index is -0.214. The lowest BCUT2D eigenvalue weighted by atomic mass is 10.2. The Morgan fingerprint density at radius 2 is 2.11 bits per heavy atom. The third-order valence-electron chi connectivity index (χ3n) is 3.08. The highest BCUT2D eigenvalue weighted by molar-refractivity contribution is 5.58. The van der Waals surface area contributed by atoms with Crippen LogP contribution in [0.25, 0.3) is 0 Å². The zero-order valence-corrected chi connectivity index (χ0v) is 11.7. The Hall–Kier alpha value is -1.84. The molecule has 0 fully saturated rings. The standard InChI is InChI=1S/C15H20FN3/c1-4-5-8-19-10-12(3)17-15(19)18-14-7-6-13(16)9-11(14)2/h6-7,9-10H,4-5,8H2,1-3H3,(H,17,18). The average Bonchev–Trinajstić information content (AvgIpc) is 2.70. The van der Waals surface area contributed by atoms with E-state index in [1.54, 1.807) is 6.07 Å². The van der Waals surface area contributed by atoms with Gasteiger partial charge in [-0.3, -0.25) is 0 Å². The summed E-state index contributed by atoms with van der Waals surface area (Å²) in [6, 6.07) is 4.73. The van der Waals surface area contributed by atoms with Crippen molar-refractivity contribution in [1.29, 1.82) is 0 Å². The summed E-state index contributed by atoms with van der Waals surface area (Å²) in [6.07, 6.45) is 4.30. The number of hydrogen-bond acceptors (Lipinski definition) is 2. The number of halogens is 1. The van der Waals surface area contributed by atoms with Crippen LogP contribution in [-0.2, 0) is 6.54 Å². The van der Waals surface area contributed by atoms with Crippen LogP contribution in [0.1, 0.15) is 31.0 Å². The van der Waals surface area contributed by atoms with Crippen LogP contribution in [0.3, 0.4) is 0 Å². The van der Waals surface area contributed by atoms with Crippen molar-refractivity contribution in [3.63, 3.8) is 0 Å². The molecule has 0 atom stereocenters. The maximum Gasteiger partial charge on any atom is 0.207 e. The Labute approximate surface area is 113 Å². The predicted octanol–water partition coefficient (Wildman–Crippen LogP) is 4.18. The van der Waals surface area contributed by atoms with Gasteiger partial charge in [0.1, 0.15) is 5.82 Å². The number of nitrogens with zero attached hydrogens (tertiary/aromatic N) is 2. The van der Waals surface area contributed by atoms with E-state index in [-0.39, 0.29) is 5.82 Å². The second kappa shape index (κ2) is 5.87. The second-order valence-electron chi connectivity index (χ2n) is 4.84. The van der Waals surface area contributed by atoms with Gasteiger partial charge in [0.2, 0.25) is 5.95 Å². The minimum absolute atomic E-state index is 0.214. The van der Waals surface area contributed by atoms with Crippen LogP contribution in [0, 0.1) is 19.7 Å². The van der Waals surface area contributed by atoms with Crippen molar-refractivity contribution in [3.8, 4) is 0 Å². The Kier molecular flexibility index (Phi) is 4.20. The highest BCUT2D eigenvalue weighted by Gasteiger charge is 2.07. The first kappa shape index (κ1) is 13.6. The van der Waals surface area contributed by atoms with Gasteiger partial charge in [-0.2, -0.15) is 0 Å². The van der Waals surface area contributed by atoms with E-state index in [1.165, 1.54) is 12.1 Å². The van der Waals surface area contributed by atoms with Gasteiger partial charge in [-0.05, 0) is 44.0 Å². The first-order chi connectivity index (χ1) is 9.10. The van der Waals surface area contributed by atoms with Crippen LogP contribution in [0.2, 0.25) is 0 Å². The Bertz CT molecular complexity index is 561. The molecule has 1 aromatic heterocycles. The molecule has 0 radical (unpaired) electrons. The molecule has 0 bridgehead atoms. The quantitative estimate of drug-likeness (QED) is 0.875. The monoisotopic (exact) mass is 261 g/mol. The molecule has 1 heterocycles. The lowest BCUT2D eigenvalue weighted by Crippen LogP contribution is -2.04. The predicted molar refractivity (Wildman–Crippen MR) is 76.3 cm³/mol. The van der Waals surface area contributed by atoms with E-state index in [2.05, 4.69) is 21.8 Å². The number of imidazole rings is 1. The molecule has 0 spiro atoms. The zero-order valence-electron chi connectivity index (χ0n) is 11.7. The number of aromatic nitrogens is 2. The molecule has 2 aromatic rings. The van der Waals surface area contributed by atoms with Crippen molar-refractivity contribution in [2.45, 2.75) is 40.2 Å². The summed E-state index contributed by atoms with van der Waals surface area (Å²) in [5.74, 6) is 0.606. The van der Waals surface area contributed by atoms with Crippen molar-refractivity contribution in [1.82, 2.24) is 9.55 Å². The Balaban J connectivity index is 2.22. The van der Waals surface area contributed by atoms with Crippen LogP contribution in [-0.4, -0.2) is 9.55 Å². The molecule has 1 N–H and O–H groups in total. The zero-order chi connectivity index (χ0) is 13.8. The number of benzene rings is 1. The fourth-order valence-corrected chi connectivity index (χ4v) is 2.03. The van der Waals surface area contributed by atoms with Gasteiger partial charge in [0.15, 0.2) is 0 Å². The molecule has 0 aliphatic rings. The largest absolute Gasteiger partial charge is 0.325 e. The molecule has 4 heteroatoms. The number of aryl methyl sites for hydroxylation is 3. The normalized spacial score (nSPS) is 10.7. The van der Waals surface area contributed by atoms with Gasteiger partial charge in [-0.1, -0.05) is 13.3 Å². The van der Waals surface area contributed by atoms with Gasteiger partial charge in [0.05, 0.1) is 5.69 Å². The van der Waals surface area contributed by atoms with E-state index < -0.39 is 0 Å². The molecule has 0 amide bonds. The van der Waals surface area contributed by atoms with Gasteiger partial charge in [-0.15, -0.1) is 0 Å². The maximum absolute atomic E-state index is 13.1. The molecule has 0 unspecified atom stereocenters. The summed E-state index contributed by atoms with van der Waals surface area (Å²) in [5, 5.41) is 3.28. The van der Waals surface area contributed by atoms with Gasteiger partial charge in [0.25, 0.3) is 0 Å². The van der Waals surface area contributed by atoms with Crippen LogP contribution in [0.4, 0.5) is 16.0 Å². The minimum Gasteiger partial charge on any atom is -0.325 e. The van der Waals surface area contributed by atoms with Gasteiger partial charge in [-0.25, -0.2) is 9.37 Å². The van der Waals surface area contributed by atoms with Gasteiger partial charge >= 0.3 is 0 Å². The number of rotatable bonds is 5. The molecule has 0 saturated heterocycles. The Morgan fingerprint density at radius 1 is 1.32 bits per heavy atom. The number of nitrogens with one attached hydrogen (secondary N) is 1. The summed E-state index contributed by atoms with van der Waals surface area (Å²) >= 11 is 0. The highest BCUT2D eigenvalue weighted by atomic mass is 19.1. The summed E-state index contributed by atoms with van der Waals surface area (Å²) < 4.78 is 15.2. The van der Waals surface area contributed by atoms with E-state index >= 15 is 0 Å². The molecule has 0 aliphatic carbocycles. The molecular weight excluding hydrogens is 241 g/mol. The maximum atomic E-state index is 13.1. The second-order valence-corrected chi connectivity index (χ2v) is 4.84. The van der Waals surface area contributed by atoms with E-state index in [0.717, 1.165) is 42.3 Å². The SMILES string of the molecule is CCCCn1cc(C)nc1Nc1ccc(F)cc1C. The summed E-state index contributed by atoms with van der Waals surface area (Å²) in [5.41, 5.74) is 2.76. The van der Waals surface area contributed by atoms with Crippen molar-refractivity contribution in [3.05, 3.63) is 41.5 Å². The molecule has 2 rings (SSSR count). The van der Waals surface area contributed by atoms with E-state index in [9.17, 15) is 4.39 Å². The van der Waals surface area contributed by atoms with E-state index in [1.807, 2.05) is 20.0 Å². The molecule has 19 heavy (non-hydrogen) atoms. The first-order valence-electron chi connectivity index (χ1n) is 6.67. The molecular formula is C15H20FN3. The summed E-state index contributed by atoms with van der Waals surface area (Å²) in [6.45, 7) is 6.98. The summed E-state index contributed by atoms with van der Waals surface area (Å²) in [7, 11) is 0. The average molecular weight is 261 g/mol. The molecule has 0 aliphatic heterocycles. The molecule has 3 nitrogen and oxygen atoms in total. The molecule has 102 valence electrons. The van der Waals surface area contributed by atoms with Gasteiger partial charge in [0, 0.05) is 18.4 Å². The topological polar surface area (TPSA) is 29.9 Å². The van der Waals surface area contributed by atoms with Gasteiger partial charge < -0.3 is 9.88 Å². The van der Waals surface area contributed by atoms with E-state index in [0.29, 0.717) is 0 Å². The lowest BCUT2D eigenvalue weighted by molar-refractivity contribution is 0.626. The van der Waals surface area contributed by atoms with Crippen molar-refractivity contribution < 1.29 is 4.39 Å². The van der Waals surface area contributed by atoms with Crippen molar-refractivity contribution >= 4 is 11.6 Å². The summed E-state index contributed by atoms with van der Waals surface area (Å²) in [4.78, 5) is 4.48. The smallest absolute Gasteiger partial charge is 0.207 e. The first-order valence-corrected chi connectivity index (χ1v) is 6.67. The van der Waals surface area contributed by atoms with Crippen molar-refractivity contribution in [2.24, 2.45) is 0 Å². The molecule has 1 aromatic carbocycles. The Morgan fingerprint density at radius 3 is 2.79 bits per heavy atom. The van der Waals surface area contributed by atoms with E-state index in [4.69, 9.17) is 0 Å². The van der Waals surface area contributed by atoms with Crippen LogP contribution in [0.5, 0.6) is 0 Å². The highest BCUT2D eigenvalue weighted by Crippen LogP contribution is 2.21. The van der Waals surface area contributed by atoms with Crippen LogP contribution >= 0.6 is 0 Å². The fourth-order valence-electron chi connectivity index (χ4n) is 2.03. The number of hydrogen-bond donors (Lipinski definition) is 1. The number of anilines is 2. The third-order valence-corrected chi connectivity index (χ3v) is 3.08. The third kappa shape index (κ3) is 3.34. The fraction of sp³-hybridized carbons (Fsp3) is 0.400. The number of unbranched alkanes of at least 4 members (excludes halogenated alkanes) is 1. The lowest BCUT2D eigenvalue weighted by Gasteiger charge is -2.11.